The van der Waals surface area contributed by atoms with Crippen molar-refractivity contribution in [3.63, 3.8) is 0 Å². The molecule has 2 aliphatic carbocycles. The van der Waals surface area contributed by atoms with Crippen LogP contribution in [0.5, 0.6) is 0 Å². The minimum absolute atomic E-state index is 0. The van der Waals surface area contributed by atoms with Crippen LogP contribution in [0.25, 0.3) is 0 Å². The molecule has 0 radical (unpaired) electrons. The normalized spacial score (nSPS) is 25.3. The number of benzene rings is 4. The van der Waals surface area contributed by atoms with Gasteiger partial charge in [-0.05, 0) is 161 Å². The van der Waals surface area contributed by atoms with Crippen molar-refractivity contribution < 1.29 is 77.6 Å². The zero-order chi connectivity index (χ0) is 56.2. The van der Waals surface area contributed by atoms with Crippen LogP contribution in [0.15, 0.2) is 120 Å². The average molecular weight is 1370 g/mol. The van der Waals surface area contributed by atoms with E-state index in [2.05, 4.69) is 13.2 Å². The highest BCUT2D eigenvalue weighted by Gasteiger charge is 2.59. The fourth-order valence-electron chi connectivity index (χ4n) is 12.0. The number of rotatable bonds is 12. The Labute approximate surface area is 524 Å². The molecule has 0 N–H and O–H groups in total. The summed E-state index contributed by atoms with van der Waals surface area (Å²) >= 11 is 0. The van der Waals surface area contributed by atoms with E-state index >= 15 is 8.78 Å². The van der Waals surface area contributed by atoms with Gasteiger partial charge in [0.05, 0.1) is 31.4 Å². The van der Waals surface area contributed by atoms with E-state index in [0.717, 1.165) is 60.7 Å². The van der Waals surface area contributed by atoms with E-state index in [1.807, 2.05) is 0 Å². The summed E-state index contributed by atoms with van der Waals surface area (Å²) in [6, 6.07) is 9.70. The van der Waals surface area contributed by atoms with Crippen LogP contribution >= 0.6 is 67.5 Å². The number of hydrogen-bond acceptors (Lipinski definition) is 8. The zero-order valence-corrected chi connectivity index (χ0v) is 51.9. The molecule has 10 nitrogen and oxygen atoms in total. The van der Waals surface area contributed by atoms with Crippen molar-refractivity contribution in [2.75, 3.05) is 13.1 Å². The van der Waals surface area contributed by atoms with Crippen molar-refractivity contribution in [3.8, 4) is 0 Å². The van der Waals surface area contributed by atoms with E-state index in [4.69, 9.17) is 0 Å². The van der Waals surface area contributed by atoms with E-state index in [-0.39, 0.29) is 167 Å². The highest BCUT2D eigenvalue weighted by molar-refractivity contribution is 7.93. The van der Waals surface area contributed by atoms with Crippen molar-refractivity contribution in [1.29, 1.82) is 0 Å². The van der Waals surface area contributed by atoms with Gasteiger partial charge < -0.3 is 0 Å². The monoisotopic (exact) mass is 1370 g/mol. The molecular formula is C55H78F10N2O8S9. The zero-order valence-electron chi connectivity index (χ0n) is 43.7. The van der Waals surface area contributed by atoms with E-state index in [1.54, 1.807) is 13.8 Å². The molecule has 4 aliphatic rings. The Morgan fingerprint density at radius 3 is 1.10 bits per heavy atom. The Kier molecular flexibility index (Phi) is 30.7. The number of halogens is 10. The van der Waals surface area contributed by atoms with Gasteiger partial charge in [0.15, 0.2) is 19.7 Å². The molecule has 4 aromatic carbocycles. The van der Waals surface area contributed by atoms with Crippen molar-refractivity contribution in [1.82, 2.24) is 8.61 Å². The molecule has 2 heterocycles. The topological polar surface area (TPSA) is 143 Å². The Hall–Kier alpha value is -2.87. The summed E-state index contributed by atoms with van der Waals surface area (Å²) in [5.41, 5.74) is -2.91. The Morgan fingerprint density at radius 2 is 0.833 bits per heavy atom. The molecule has 8 atom stereocenters. The Bertz CT molecular complexity index is 3090. The molecule has 0 aromatic heterocycles. The first-order chi connectivity index (χ1) is 35.4. The fourth-order valence-corrected chi connectivity index (χ4v) is 21.0. The van der Waals surface area contributed by atoms with Gasteiger partial charge in [0, 0.05) is 36.3 Å². The number of alkyl halides is 6. The van der Waals surface area contributed by atoms with Crippen LogP contribution in [0.1, 0.15) is 123 Å². The minimum Gasteiger partial charge on any atom is -0.223 e. The van der Waals surface area contributed by atoms with Gasteiger partial charge in [0.25, 0.3) is 0 Å². The van der Waals surface area contributed by atoms with Crippen LogP contribution in [-0.2, 0) is 61.6 Å². The number of nitrogens with zero attached hydrogens (tertiary/aromatic N) is 2. The molecule has 2 saturated heterocycles. The molecular weight excluding hydrogens is 1300 g/mol. The van der Waals surface area contributed by atoms with Crippen molar-refractivity contribution in [2.45, 2.75) is 155 Å². The van der Waals surface area contributed by atoms with Gasteiger partial charge in [-0.3, -0.25) is 0 Å². The number of fused-ring (bicyclic) bond motifs is 2. The van der Waals surface area contributed by atoms with Gasteiger partial charge in [0.2, 0.25) is 20.0 Å². The highest BCUT2D eigenvalue weighted by Crippen LogP contribution is 2.56. The van der Waals surface area contributed by atoms with Crippen molar-refractivity contribution in [3.05, 3.63) is 156 Å². The molecule has 84 heavy (non-hydrogen) atoms. The summed E-state index contributed by atoms with van der Waals surface area (Å²) in [5.74, 6) is -4.70. The van der Waals surface area contributed by atoms with Crippen molar-refractivity contribution in [2.24, 2.45) is 11.8 Å². The SMILES string of the molecule is C.C.C.C=CCN1[C@@H]2CC[C@](c3cc(F)ccc3F)(S(=O)(=O)c3ccc(C(F)(F)F)cc3)C[C@@H]2CC(CC)S1(=O)=O.C=CCN1[C@@H]2CC[C@](c3cc(F)ccc3F)(S(=O)(=O)c3ccc(C(F)(F)F)cc3)C[C@@H]2C[C@@H](CC)S1(=O)=O.S.S.S.S.S. The lowest BCUT2D eigenvalue weighted by atomic mass is 9.72. The number of sulfonamides is 2. The predicted molar refractivity (Wildman–Crippen MR) is 337 cm³/mol. The fraction of sp³-hybridized carbons (Fsp3) is 0.491. The second kappa shape index (κ2) is 31.0. The Morgan fingerprint density at radius 1 is 0.536 bits per heavy atom. The van der Waals surface area contributed by atoms with Gasteiger partial charge in [-0.2, -0.15) is 102 Å². The van der Waals surface area contributed by atoms with E-state index in [0.29, 0.717) is 24.3 Å². The van der Waals surface area contributed by atoms with E-state index < -0.39 is 151 Å². The largest absolute Gasteiger partial charge is 0.416 e. The highest BCUT2D eigenvalue weighted by atomic mass is 32.2. The summed E-state index contributed by atoms with van der Waals surface area (Å²) in [5, 5.41) is -1.60. The lowest BCUT2D eigenvalue weighted by Gasteiger charge is -2.51. The van der Waals surface area contributed by atoms with Crippen LogP contribution in [0.3, 0.4) is 0 Å². The molecule has 0 bridgehead atoms. The maximum absolute atomic E-state index is 15.3. The molecule has 1 unspecified atom stereocenters. The molecule has 4 aromatic rings. The van der Waals surface area contributed by atoms with Gasteiger partial charge >= 0.3 is 12.4 Å². The molecule has 2 saturated carbocycles. The van der Waals surface area contributed by atoms with Gasteiger partial charge in [0.1, 0.15) is 32.8 Å². The van der Waals surface area contributed by atoms with Crippen LogP contribution < -0.4 is 0 Å². The first-order valence-corrected chi connectivity index (χ1v) is 30.3. The molecule has 4 fully saturated rings. The quantitative estimate of drug-likeness (QED) is 0.101. The van der Waals surface area contributed by atoms with Gasteiger partial charge in [-0.25, -0.2) is 51.2 Å². The summed E-state index contributed by atoms with van der Waals surface area (Å²) < 4.78 is 246. The molecule has 29 heteroatoms. The summed E-state index contributed by atoms with van der Waals surface area (Å²) in [6.07, 6.45) is -6.59. The van der Waals surface area contributed by atoms with E-state index in [9.17, 15) is 68.8 Å². The summed E-state index contributed by atoms with van der Waals surface area (Å²) in [6.45, 7) is 10.7. The lowest BCUT2D eigenvalue weighted by molar-refractivity contribution is -0.138. The molecule has 0 amide bonds. The minimum atomic E-state index is -4.69. The second-order valence-electron chi connectivity index (χ2n) is 19.8. The van der Waals surface area contributed by atoms with Gasteiger partial charge in [-0.1, -0.05) is 48.3 Å². The average Bonchev–Trinajstić information content (AvgIpc) is 3.36. The molecule has 8 rings (SSSR count). The van der Waals surface area contributed by atoms with Crippen molar-refractivity contribution >= 4 is 107 Å². The van der Waals surface area contributed by atoms with E-state index in [1.165, 1.54) is 20.8 Å². The van der Waals surface area contributed by atoms with Crippen LogP contribution in [-0.4, -0.2) is 78.0 Å². The summed E-state index contributed by atoms with van der Waals surface area (Å²) in [4.78, 5) is -0.905. The maximum Gasteiger partial charge on any atom is 0.416 e. The Balaban J connectivity index is 0. The molecule has 0 spiro atoms. The molecule has 480 valence electrons. The van der Waals surface area contributed by atoms with Crippen LogP contribution in [0, 0.1) is 35.1 Å². The third-order valence-corrected chi connectivity index (χ3v) is 25.6. The number of hydrogen-bond donors (Lipinski definition) is 0. The van der Waals surface area contributed by atoms with Crippen LogP contribution in [0.4, 0.5) is 43.9 Å². The molecule has 2 aliphatic heterocycles. The standard InChI is InChI=1S/2C26H28F5NO4S2.3CH4.5H2S/c2*1-3-13-32-24-11-12-25(22-15-19(27)7-10-23(22)28,16-17(24)14-20(4-2)38(32,35)36)37(33,34)21-8-5-18(6-9-21)26(29,30)31;;;;;;;;/h2*3,5-10,15,17,20,24H,1,4,11-14,16H2,2H3;3*1H4;5*1H2/t17-,20?,24+,25-;17-,20+,24+,25-;;;;;;;;/m00......../s1. The first kappa shape index (κ1) is 83.2. The summed E-state index contributed by atoms with van der Waals surface area (Å²) in [7, 11) is -16.5. The first-order valence-electron chi connectivity index (χ1n) is 24.4. The maximum atomic E-state index is 15.3. The number of sulfone groups is 2. The lowest BCUT2D eigenvalue weighted by Crippen LogP contribution is -2.58. The predicted octanol–water partition coefficient (Wildman–Crippen LogP) is 14.1. The second-order valence-corrected chi connectivity index (χ2v) is 28.6. The van der Waals surface area contributed by atoms with Gasteiger partial charge in [-0.15, -0.1) is 13.2 Å². The van der Waals surface area contributed by atoms with Crippen LogP contribution in [0.2, 0.25) is 0 Å². The third-order valence-electron chi connectivity index (χ3n) is 15.7. The third kappa shape index (κ3) is 15.4. The smallest absolute Gasteiger partial charge is 0.223 e.